The smallest absolute Gasteiger partial charge is 0.131 e. The second-order valence-electron chi connectivity index (χ2n) is 4.71. The molecule has 0 bridgehead atoms. The molecule has 0 aromatic heterocycles. The van der Waals surface area contributed by atoms with Crippen molar-refractivity contribution in [3.8, 4) is 5.75 Å². The lowest BCUT2D eigenvalue weighted by atomic mass is 9.98. The van der Waals surface area contributed by atoms with Gasteiger partial charge in [-0.15, -0.1) is 0 Å². The summed E-state index contributed by atoms with van der Waals surface area (Å²) in [5, 5.41) is 0.723. The molecule has 0 saturated heterocycles. The van der Waals surface area contributed by atoms with Gasteiger partial charge in [0.1, 0.15) is 11.6 Å². The third kappa shape index (κ3) is 2.99. The molecule has 0 fully saturated rings. The number of alkyl halides is 1. The van der Waals surface area contributed by atoms with Crippen LogP contribution in [0.25, 0.3) is 0 Å². The average molecular weight is 358 g/mol. The first-order valence-electron chi connectivity index (χ1n) is 6.18. The molecule has 0 aliphatic heterocycles. The van der Waals surface area contributed by atoms with Crippen LogP contribution in [-0.4, -0.2) is 7.11 Å². The van der Waals surface area contributed by atoms with Gasteiger partial charge in [0, 0.05) is 16.7 Å². The minimum Gasteiger partial charge on any atom is -0.497 e. The highest BCUT2D eigenvalue weighted by atomic mass is 79.9. The molecule has 0 aliphatic carbocycles. The number of halogens is 3. The third-order valence-electron chi connectivity index (χ3n) is 3.30. The molecule has 0 radical (unpaired) electrons. The van der Waals surface area contributed by atoms with Crippen LogP contribution in [0.15, 0.2) is 30.3 Å². The Balaban J connectivity index is 2.46. The Morgan fingerprint density at radius 1 is 1.10 bits per heavy atom. The summed E-state index contributed by atoms with van der Waals surface area (Å²) < 4.78 is 19.2. The number of hydrogen-bond acceptors (Lipinski definition) is 1. The largest absolute Gasteiger partial charge is 0.497 e. The Morgan fingerprint density at radius 2 is 1.80 bits per heavy atom. The van der Waals surface area contributed by atoms with Gasteiger partial charge in [-0.05, 0) is 42.7 Å². The monoisotopic (exact) mass is 356 g/mol. The molecule has 1 atom stereocenters. The quantitative estimate of drug-likeness (QED) is 0.651. The molecule has 4 heteroatoms. The van der Waals surface area contributed by atoms with Crippen molar-refractivity contribution < 1.29 is 9.13 Å². The van der Waals surface area contributed by atoms with Crippen molar-refractivity contribution in [1.29, 1.82) is 0 Å². The van der Waals surface area contributed by atoms with E-state index >= 15 is 0 Å². The van der Waals surface area contributed by atoms with Crippen LogP contribution in [0.4, 0.5) is 4.39 Å². The highest BCUT2D eigenvalue weighted by Crippen LogP contribution is 2.37. The van der Waals surface area contributed by atoms with E-state index in [9.17, 15) is 4.39 Å². The molecule has 0 amide bonds. The summed E-state index contributed by atoms with van der Waals surface area (Å²) in [7, 11) is 1.52. The van der Waals surface area contributed by atoms with Gasteiger partial charge in [-0.1, -0.05) is 39.7 Å². The first kappa shape index (κ1) is 15.3. The lowest BCUT2D eigenvalue weighted by Gasteiger charge is -2.16. The first-order valence-corrected chi connectivity index (χ1v) is 7.47. The molecule has 0 N–H and O–H groups in total. The fourth-order valence-corrected chi connectivity index (χ4v) is 3.17. The molecule has 2 rings (SSSR count). The van der Waals surface area contributed by atoms with E-state index in [4.69, 9.17) is 16.3 Å². The zero-order valence-electron chi connectivity index (χ0n) is 11.5. The molecular weight excluding hydrogens is 343 g/mol. The molecule has 0 heterocycles. The lowest BCUT2D eigenvalue weighted by molar-refractivity contribution is 0.411. The van der Waals surface area contributed by atoms with Crippen molar-refractivity contribution in [2.24, 2.45) is 0 Å². The van der Waals surface area contributed by atoms with E-state index in [-0.39, 0.29) is 10.6 Å². The average Bonchev–Trinajstić information content (AvgIpc) is 2.42. The highest BCUT2D eigenvalue weighted by Gasteiger charge is 2.18. The van der Waals surface area contributed by atoms with E-state index in [1.54, 1.807) is 12.1 Å². The van der Waals surface area contributed by atoms with Crippen molar-refractivity contribution in [2.45, 2.75) is 18.7 Å². The molecular formula is C16H15BrClFO. The molecule has 0 saturated carbocycles. The topological polar surface area (TPSA) is 9.23 Å². The van der Waals surface area contributed by atoms with E-state index in [0.717, 1.165) is 21.7 Å². The fraction of sp³-hybridized carbons (Fsp3) is 0.250. The zero-order valence-corrected chi connectivity index (χ0v) is 13.8. The number of aryl methyl sites for hydroxylation is 2. The third-order valence-corrected chi connectivity index (χ3v) is 4.69. The lowest BCUT2D eigenvalue weighted by Crippen LogP contribution is -2.00. The molecule has 2 aromatic carbocycles. The van der Waals surface area contributed by atoms with Crippen LogP contribution in [0.3, 0.4) is 0 Å². The first-order chi connectivity index (χ1) is 9.43. The summed E-state index contributed by atoms with van der Waals surface area (Å²) in [6, 6.07) is 8.77. The summed E-state index contributed by atoms with van der Waals surface area (Å²) in [6.07, 6.45) is 0. The van der Waals surface area contributed by atoms with E-state index in [1.165, 1.54) is 13.2 Å². The molecule has 1 unspecified atom stereocenters. The molecule has 0 spiro atoms. The zero-order chi connectivity index (χ0) is 14.9. The SMILES string of the molecule is COc1ccc(C(Br)c2cc(C)c(Cl)cc2C)c(F)c1. The molecule has 106 valence electrons. The Bertz CT molecular complexity index is 643. The number of ether oxygens (including phenoxy) is 1. The summed E-state index contributed by atoms with van der Waals surface area (Å²) in [5.41, 5.74) is 3.59. The van der Waals surface area contributed by atoms with Crippen molar-refractivity contribution in [3.05, 3.63) is 63.4 Å². The van der Waals surface area contributed by atoms with Gasteiger partial charge in [-0.25, -0.2) is 4.39 Å². The van der Waals surface area contributed by atoms with Gasteiger partial charge in [0.2, 0.25) is 0 Å². The Hall–Kier alpha value is -1.06. The summed E-state index contributed by atoms with van der Waals surface area (Å²) >= 11 is 9.68. The van der Waals surface area contributed by atoms with Crippen LogP contribution in [0.5, 0.6) is 5.75 Å². The van der Waals surface area contributed by atoms with E-state index in [2.05, 4.69) is 15.9 Å². The maximum absolute atomic E-state index is 14.1. The molecule has 20 heavy (non-hydrogen) atoms. The maximum Gasteiger partial charge on any atom is 0.131 e. The number of rotatable bonds is 3. The van der Waals surface area contributed by atoms with Crippen LogP contribution < -0.4 is 4.74 Å². The van der Waals surface area contributed by atoms with Crippen LogP contribution >= 0.6 is 27.5 Å². The minimum atomic E-state index is -0.293. The van der Waals surface area contributed by atoms with Gasteiger partial charge in [0.15, 0.2) is 0 Å². The van der Waals surface area contributed by atoms with E-state index in [1.807, 2.05) is 26.0 Å². The van der Waals surface area contributed by atoms with Crippen LogP contribution in [-0.2, 0) is 0 Å². The van der Waals surface area contributed by atoms with Gasteiger partial charge in [0.25, 0.3) is 0 Å². The number of benzene rings is 2. The predicted molar refractivity (Wildman–Crippen MR) is 84.6 cm³/mol. The van der Waals surface area contributed by atoms with Crippen LogP contribution in [0.2, 0.25) is 5.02 Å². The molecule has 2 aromatic rings. The van der Waals surface area contributed by atoms with Gasteiger partial charge in [-0.3, -0.25) is 0 Å². The second-order valence-corrected chi connectivity index (χ2v) is 6.03. The predicted octanol–water partition coefficient (Wildman–Crippen LogP) is 5.59. The van der Waals surface area contributed by atoms with E-state index < -0.39 is 0 Å². The normalized spacial score (nSPS) is 12.3. The minimum absolute atomic E-state index is 0.218. The number of hydrogen-bond donors (Lipinski definition) is 0. The Kier molecular flexibility index (Phi) is 4.71. The summed E-state index contributed by atoms with van der Waals surface area (Å²) in [4.78, 5) is -0.218. The van der Waals surface area contributed by atoms with Gasteiger partial charge in [-0.2, -0.15) is 0 Å². The maximum atomic E-state index is 14.1. The van der Waals surface area contributed by atoms with Crippen LogP contribution in [0, 0.1) is 19.7 Å². The summed E-state index contributed by atoms with van der Waals surface area (Å²) in [5.74, 6) is 0.216. The van der Waals surface area contributed by atoms with Gasteiger partial charge in [0.05, 0.1) is 11.9 Å². The van der Waals surface area contributed by atoms with Crippen LogP contribution in [0.1, 0.15) is 27.1 Å². The van der Waals surface area contributed by atoms with E-state index in [0.29, 0.717) is 11.3 Å². The molecule has 1 nitrogen and oxygen atoms in total. The highest BCUT2D eigenvalue weighted by molar-refractivity contribution is 9.09. The van der Waals surface area contributed by atoms with Crippen molar-refractivity contribution in [1.82, 2.24) is 0 Å². The Morgan fingerprint density at radius 3 is 2.40 bits per heavy atom. The van der Waals surface area contributed by atoms with Gasteiger partial charge >= 0.3 is 0 Å². The summed E-state index contributed by atoms with van der Waals surface area (Å²) in [6.45, 7) is 3.91. The van der Waals surface area contributed by atoms with Crippen molar-refractivity contribution in [2.75, 3.05) is 7.11 Å². The second kappa shape index (κ2) is 6.15. The number of methoxy groups -OCH3 is 1. The van der Waals surface area contributed by atoms with Crippen molar-refractivity contribution >= 4 is 27.5 Å². The Labute approximate surface area is 131 Å². The van der Waals surface area contributed by atoms with Gasteiger partial charge < -0.3 is 4.74 Å². The molecule has 0 aliphatic rings. The fourth-order valence-electron chi connectivity index (χ4n) is 2.08. The standard InChI is InChI=1S/C16H15BrClFO/c1-9-7-14(18)10(2)6-13(9)16(17)12-5-4-11(20-3)8-15(12)19/h4-8,16H,1-3H3. The van der Waals surface area contributed by atoms with Crippen molar-refractivity contribution in [3.63, 3.8) is 0 Å².